The lowest BCUT2D eigenvalue weighted by Crippen LogP contribution is -2.30. The molecule has 0 aliphatic carbocycles. The Morgan fingerprint density at radius 1 is 1.19 bits per heavy atom. The number of ether oxygens (including phenoxy) is 1. The lowest BCUT2D eigenvalue weighted by atomic mass is 10.2. The van der Waals surface area contributed by atoms with Gasteiger partial charge in [0.2, 0.25) is 0 Å². The van der Waals surface area contributed by atoms with Gasteiger partial charge >= 0.3 is 0 Å². The molecule has 27 heavy (non-hydrogen) atoms. The van der Waals surface area contributed by atoms with Crippen molar-refractivity contribution >= 4 is 5.91 Å². The van der Waals surface area contributed by atoms with Crippen LogP contribution in [0.15, 0.2) is 59.4 Å². The van der Waals surface area contributed by atoms with Crippen molar-refractivity contribution in [2.24, 2.45) is 0 Å². The first-order valence-electron chi connectivity index (χ1n) is 8.26. The Morgan fingerprint density at radius 3 is 2.56 bits per heavy atom. The first kappa shape index (κ1) is 18.3. The van der Waals surface area contributed by atoms with Crippen molar-refractivity contribution in [2.75, 3.05) is 7.11 Å². The molecule has 2 aromatic carbocycles. The summed E-state index contributed by atoms with van der Waals surface area (Å²) in [6.45, 7) is 2.04. The molecule has 0 saturated carbocycles. The Labute approximate surface area is 155 Å². The van der Waals surface area contributed by atoms with Crippen molar-refractivity contribution in [3.8, 4) is 11.4 Å². The molecule has 1 amide bonds. The predicted molar refractivity (Wildman–Crippen MR) is 98.7 cm³/mol. The van der Waals surface area contributed by atoms with Gasteiger partial charge in [0.25, 0.3) is 11.5 Å². The van der Waals surface area contributed by atoms with E-state index in [1.165, 1.54) is 30.0 Å². The molecule has 1 heterocycles. The number of nitrogens with one attached hydrogen (secondary N) is 1. The highest BCUT2D eigenvalue weighted by atomic mass is 19.1. The molecule has 0 spiro atoms. The van der Waals surface area contributed by atoms with E-state index in [0.717, 1.165) is 11.1 Å². The SMILES string of the molecule is COc1cc(=O)n(-c2ccccc2C)nc1C(=O)NCc1ccc(F)cc1. The number of benzene rings is 2. The summed E-state index contributed by atoms with van der Waals surface area (Å²) in [6.07, 6.45) is 0. The number of nitrogens with zero attached hydrogens (tertiary/aromatic N) is 2. The van der Waals surface area contributed by atoms with Gasteiger partial charge in [0.1, 0.15) is 5.82 Å². The molecule has 1 N–H and O–H groups in total. The minimum absolute atomic E-state index is 0.0116. The fourth-order valence-corrected chi connectivity index (χ4v) is 2.60. The molecule has 7 heteroatoms. The molecule has 3 aromatic rings. The first-order valence-corrected chi connectivity index (χ1v) is 8.26. The second-order valence-electron chi connectivity index (χ2n) is 5.91. The van der Waals surface area contributed by atoms with E-state index < -0.39 is 11.5 Å². The Hall–Kier alpha value is -3.48. The van der Waals surface area contributed by atoms with Gasteiger partial charge in [-0.3, -0.25) is 9.59 Å². The van der Waals surface area contributed by atoms with E-state index in [0.29, 0.717) is 5.69 Å². The smallest absolute Gasteiger partial charge is 0.275 e. The third-order valence-electron chi connectivity index (χ3n) is 4.04. The highest BCUT2D eigenvalue weighted by Gasteiger charge is 2.18. The van der Waals surface area contributed by atoms with Crippen molar-refractivity contribution < 1.29 is 13.9 Å². The van der Waals surface area contributed by atoms with Crippen LogP contribution >= 0.6 is 0 Å². The predicted octanol–water partition coefficient (Wildman–Crippen LogP) is 2.62. The van der Waals surface area contributed by atoms with Crippen molar-refractivity contribution in [1.29, 1.82) is 0 Å². The zero-order valence-corrected chi connectivity index (χ0v) is 14.9. The summed E-state index contributed by atoms with van der Waals surface area (Å²) in [5, 5.41) is 6.91. The average Bonchev–Trinajstić information content (AvgIpc) is 2.67. The number of carbonyl (C=O) groups excluding carboxylic acids is 1. The zero-order chi connectivity index (χ0) is 19.4. The maximum absolute atomic E-state index is 13.0. The maximum atomic E-state index is 13.0. The van der Waals surface area contributed by atoms with Gasteiger partial charge in [-0.1, -0.05) is 30.3 Å². The van der Waals surface area contributed by atoms with Gasteiger partial charge in [0, 0.05) is 6.54 Å². The fourth-order valence-electron chi connectivity index (χ4n) is 2.60. The molecule has 138 valence electrons. The second kappa shape index (κ2) is 7.82. The molecular formula is C20H18FN3O3. The molecule has 0 saturated heterocycles. The number of para-hydroxylation sites is 1. The van der Waals surface area contributed by atoms with Crippen LogP contribution in [0.1, 0.15) is 21.6 Å². The van der Waals surface area contributed by atoms with Crippen molar-refractivity contribution in [3.63, 3.8) is 0 Å². The van der Waals surface area contributed by atoms with Crippen LogP contribution in [0, 0.1) is 12.7 Å². The molecule has 0 aliphatic heterocycles. The van der Waals surface area contributed by atoms with Crippen molar-refractivity contribution in [3.05, 3.63) is 87.6 Å². The molecular weight excluding hydrogens is 349 g/mol. The monoisotopic (exact) mass is 367 g/mol. The Kier molecular flexibility index (Phi) is 5.30. The summed E-state index contributed by atoms with van der Waals surface area (Å²) in [6, 6.07) is 14.3. The summed E-state index contributed by atoms with van der Waals surface area (Å²) in [7, 11) is 1.37. The highest BCUT2D eigenvalue weighted by molar-refractivity contribution is 5.94. The number of rotatable bonds is 5. The Bertz CT molecular complexity index is 1030. The molecule has 0 aliphatic rings. The van der Waals surface area contributed by atoms with Crippen LogP contribution in [0.5, 0.6) is 5.75 Å². The van der Waals surface area contributed by atoms with E-state index in [1.54, 1.807) is 24.3 Å². The molecule has 0 unspecified atom stereocenters. The van der Waals surface area contributed by atoms with Gasteiger partial charge in [-0.15, -0.1) is 0 Å². The lowest BCUT2D eigenvalue weighted by molar-refractivity contribution is 0.0940. The van der Waals surface area contributed by atoms with Gasteiger partial charge in [-0.25, -0.2) is 4.39 Å². The second-order valence-corrected chi connectivity index (χ2v) is 5.91. The number of aryl methyl sites for hydroxylation is 1. The third kappa shape index (κ3) is 4.03. The lowest BCUT2D eigenvalue weighted by Gasteiger charge is -2.12. The van der Waals surface area contributed by atoms with Gasteiger partial charge in [0.05, 0.1) is 18.9 Å². The van der Waals surface area contributed by atoms with Crippen molar-refractivity contribution in [1.82, 2.24) is 15.1 Å². The van der Waals surface area contributed by atoms with Gasteiger partial charge < -0.3 is 10.1 Å². The van der Waals surface area contributed by atoms with Crippen LogP contribution in [0.2, 0.25) is 0 Å². The van der Waals surface area contributed by atoms with E-state index in [2.05, 4.69) is 10.4 Å². The largest absolute Gasteiger partial charge is 0.494 e. The van der Waals surface area contributed by atoms with E-state index in [-0.39, 0.29) is 23.8 Å². The normalized spacial score (nSPS) is 10.5. The number of methoxy groups -OCH3 is 1. The third-order valence-corrected chi connectivity index (χ3v) is 4.04. The van der Waals surface area contributed by atoms with Crippen LogP contribution < -0.4 is 15.6 Å². The summed E-state index contributed by atoms with van der Waals surface area (Å²) < 4.78 is 19.3. The first-order chi connectivity index (χ1) is 13.0. The summed E-state index contributed by atoms with van der Waals surface area (Å²) in [4.78, 5) is 25.0. The minimum atomic E-state index is -0.501. The molecule has 0 fully saturated rings. The van der Waals surface area contributed by atoms with Crippen LogP contribution in [0.4, 0.5) is 4.39 Å². The topological polar surface area (TPSA) is 73.2 Å². The van der Waals surface area contributed by atoms with E-state index in [1.807, 2.05) is 19.1 Å². The van der Waals surface area contributed by atoms with Crippen LogP contribution in [0.25, 0.3) is 5.69 Å². The molecule has 0 atom stereocenters. The quantitative estimate of drug-likeness (QED) is 0.752. The van der Waals surface area contributed by atoms with Gasteiger partial charge in [0.15, 0.2) is 11.4 Å². The Balaban J connectivity index is 1.92. The van der Waals surface area contributed by atoms with E-state index in [4.69, 9.17) is 4.74 Å². The molecule has 6 nitrogen and oxygen atoms in total. The van der Waals surface area contributed by atoms with Crippen LogP contribution in [0.3, 0.4) is 0 Å². The van der Waals surface area contributed by atoms with Crippen molar-refractivity contribution in [2.45, 2.75) is 13.5 Å². The standard InChI is InChI=1S/C20H18FN3O3/c1-13-5-3-4-6-16(13)24-18(25)11-17(27-2)19(23-24)20(26)22-12-14-7-9-15(21)10-8-14/h3-11H,12H2,1-2H3,(H,22,26). The molecule has 3 rings (SSSR count). The van der Waals surface area contributed by atoms with Gasteiger partial charge in [-0.05, 0) is 36.2 Å². The zero-order valence-electron chi connectivity index (χ0n) is 14.9. The van der Waals surface area contributed by atoms with Crippen LogP contribution in [-0.4, -0.2) is 22.8 Å². The number of halogens is 1. The van der Waals surface area contributed by atoms with E-state index >= 15 is 0 Å². The molecule has 0 radical (unpaired) electrons. The fraction of sp³-hybridized carbons (Fsp3) is 0.150. The molecule has 1 aromatic heterocycles. The number of amides is 1. The van der Waals surface area contributed by atoms with E-state index in [9.17, 15) is 14.0 Å². The average molecular weight is 367 g/mol. The molecule has 0 bridgehead atoms. The minimum Gasteiger partial charge on any atom is -0.494 e. The summed E-state index contributed by atoms with van der Waals surface area (Å²) in [5.74, 6) is -0.765. The number of aromatic nitrogens is 2. The summed E-state index contributed by atoms with van der Waals surface area (Å²) in [5.41, 5.74) is 1.74. The number of hydrogen-bond acceptors (Lipinski definition) is 4. The number of hydrogen-bond donors (Lipinski definition) is 1. The van der Waals surface area contributed by atoms with Gasteiger partial charge in [-0.2, -0.15) is 9.78 Å². The Morgan fingerprint density at radius 2 is 1.89 bits per heavy atom. The maximum Gasteiger partial charge on any atom is 0.275 e. The highest BCUT2D eigenvalue weighted by Crippen LogP contribution is 2.16. The number of carbonyl (C=O) groups is 1. The van der Waals surface area contributed by atoms with Crippen LogP contribution in [-0.2, 0) is 6.54 Å². The summed E-state index contributed by atoms with van der Waals surface area (Å²) >= 11 is 0.